The van der Waals surface area contributed by atoms with Gasteiger partial charge in [-0.15, -0.1) is 25.7 Å². The van der Waals surface area contributed by atoms with Crippen LogP contribution in [0.3, 0.4) is 0 Å². The van der Waals surface area contributed by atoms with Crippen LogP contribution >= 0.6 is 11.6 Å². The summed E-state index contributed by atoms with van der Waals surface area (Å²) in [5.74, 6) is 12.2. The molecule has 0 amide bonds. The SMILES string of the molecule is C#Cc1ncc2cc(Cc3ccc(-c4ccccc4)cc3)n(C3CCCCC3)c2n1.C#Cc1ncc2cc(Cc3ccc(Cl)cc3)n(C3CCCCC3)c2n1.C#Cc1ncc2cc(Cc3ccc(N4CCN(C)CC4)cc3)n(C3CCCCC3)c2n1.C#Cc1ncc2cc(Cc3ccc(N4CCOCC4)cc3)n(C3CCCCC3)c2n1. The van der Waals surface area contributed by atoms with Gasteiger partial charge in [-0.05, 0) is 176 Å². The first-order valence-electron chi connectivity index (χ1n) is 42.3. The molecular weight excluding hydrogens is 1450 g/mol. The molecule has 5 aromatic carbocycles. The molecule has 8 aromatic heterocycles. The summed E-state index contributed by atoms with van der Waals surface area (Å²) in [7, 11) is 2.20. The van der Waals surface area contributed by atoms with Gasteiger partial charge >= 0.3 is 0 Å². The van der Waals surface area contributed by atoms with Crippen molar-refractivity contribution < 1.29 is 4.74 Å². The molecule has 0 N–H and O–H groups in total. The minimum atomic E-state index is 0.459. The van der Waals surface area contributed by atoms with Crippen molar-refractivity contribution in [1.82, 2.24) is 63.0 Å². The Morgan fingerprint density at radius 2 is 0.629 bits per heavy atom. The molecule has 0 radical (unpaired) electrons. The molecule has 0 bridgehead atoms. The Morgan fingerprint density at radius 1 is 0.345 bits per heavy atom. The number of ether oxygens (including phenoxy) is 1. The number of morpholine rings is 1. The zero-order chi connectivity index (χ0) is 79.1. The summed E-state index contributed by atoms with van der Waals surface area (Å²) in [6, 6.07) is 56.6. The second-order valence-electron chi connectivity index (χ2n) is 32.3. The van der Waals surface area contributed by atoms with Crippen LogP contribution in [0.4, 0.5) is 11.4 Å². The van der Waals surface area contributed by atoms with Crippen LogP contribution in [0.5, 0.6) is 0 Å². The van der Waals surface area contributed by atoms with E-state index < -0.39 is 0 Å². The summed E-state index contributed by atoms with van der Waals surface area (Å²) in [6.07, 6.45) is 58.5. The largest absolute Gasteiger partial charge is 0.378 e. The van der Waals surface area contributed by atoms with Crippen LogP contribution in [0.15, 0.2) is 176 Å². The standard InChI is InChI=1S/C27H25N3.C26H31N5.C25H28N4O.C21H20ClN3/c1-2-26-28-19-23-18-25(30(27(23)29-26)24-11-7-4-8-12-24)17-20-13-15-22(16-14-20)21-9-5-3-6-10-21;1-3-25-27-19-21-18-24(31(26(21)28-25)23-7-5-4-6-8-23)17-20-9-11-22(12-10-20)30-15-13-29(2)14-16-30;1-2-24-26-18-20-17-23(29(25(20)27-24)22-6-4-3-5-7-22)16-19-8-10-21(11-9-19)28-12-14-30-15-13-28;1-2-20-23-14-16-13-19(12-15-8-10-17(22)11-9-15)25(21(16)24-20)18-6-4-3-5-7-18/h1,3,5-6,9-10,13-16,18-19,24H,4,7-8,11-12,17H2;1,9-12,18-19,23H,4-8,13-17H2,2H3;1,8-11,17-18,22H,3-7,12-16H2;1,8-11,13-14,18H,3-7,12H2. The minimum Gasteiger partial charge on any atom is -0.378 e. The summed E-state index contributed by atoms with van der Waals surface area (Å²) in [6.45, 7) is 8.00. The molecule has 17 heteroatoms. The Kier molecular flexibility index (Phi) is 25.4. The zero-order valence-corrected chi connectivity index (χ0v) is 67.7. The summed E-state index contributed by atoms with van der Waals surface area (Å²) >= 11 is 6.02. The number of hydrogen-bond donors (Lipinski definition) is 0. The number of nitrogens with zero attached hydrogens (tertiary/aromatic N) is 15. The normalized spacial score (nSPS) is 16.6. The van der Waals surface area contributed by atoms with E-state index in [1.807, 2.05) is 36.9 Å². The minimum absolute atomic E-state index is 0.459. The molecular formula is C99H104ClN15O. The molecule has 4 saturated carbocycles. The monoisotopic (exact) mass is 1550 g/mol. The van der Waals surface area contributed by atoms with Crippen LogP contribution in [0.1, 0.15) is 221 Å². The fourth-order valence-electron chi connectivity index (χ4n) is 18.5. The summed E-state index contributed by atoms with van der Waals surface area (Å²) < 4.78 is 15.2. The van der Waals surface area contributed by atoms with E-state index in [-0.39, 0.29) is 0 Å². The Morgan fingerprint density at radius 3 is 0.940 bits per heavy atom. The number of fused-ring (bicyclic) bond motifs is 4. The lowest BCUT2D eigenvalue weighted by Gasteiger charge is -2.34. The predicted molar refractivity (Wildman–Crippen MR) is 471 cm³/mol. The lowest BCUT2D eigenvalue weighted by atomic mass is 9.95. The fraction of sp³-hybridized carbons (Fsp3) is 0.374. The number of aromatic nitrogens is 12. The Labute approximate surface area is 688 Å². The van der Waals surface area contributed by atoms with Crippen molar-refractivity contribution in [3.63, 3.8) is 0 Å². The van der Waals surface area contributed by atoms with Gasteiger partial charge in [0.25, 0.3) is 0 Å². The Balaban J connectivity index is 0.000000116. The number of likely N-dealkylation sites (N-methyl/N-ethyl adjacent to an activating group) is 1. The number of hydrogen-bond acceptors (Lipinski definition) is 12. The van der Waals surface area contributed by atoms with E-state index in [2.05, 4.69) is 228 Å². The lowest BCUT2D eigenvalue weighted by Crippen LogP contribution is -2.44. The molecule has 0 unspecified atom stereocenters. The Bertz CT molecular complexity index is 5660. The van der Waals surface area contributed by atoms with E-state index in [0.29, 0.717) is 47.5 Å². The molecule has 116 heavy (non-hydrogen) atoms. The number of piperazine rings is 1. The third-order valence-electron chi connectivity index (χ3n) is 24.5. The van der Waals surface area contributed by atoms with Gasteiger partial charge in [-0.3, -0.25) is 0 Å². The number of benzene rings is 5. The van der Waals surface area contributed by atoms with Crippen LogP contribution in [0.2, 0.25) is 5.02 Å². The van der Waals surface area contributed by atoms with Crippen molar-refractivity contribution >= 4 is 67.1 Å². The molecule has 19 rings (SSSR count). The Hall–Kier alpha value is -11.4. The van der Waals surface area contributed by atoms with E-state index in [0.717, 1.165) is 127 Å². The van der Waals surface area contributed by atoms with Crippen LogP contribution < -0.4 is 9.80 Å². The summed E-state index contributed by atoms with van der Waals surface area (Å²) in [5, 5.41) is 5.08. The molecule has 0 atom stereocenters. The van der Waals surface area contributed by atoms with Gasteiger partial charge in [0.1, 0.15) is 22.6 Å². The second-order valence-corrected chi connectivity index (χ2v) is 32.7. The summed E-state index contributed by atoms with van der Waals surface area (Å²) in [5.41, 5.74) is 19.4. The van der Waals surface area contributed by atoms with E-state index in [1.165, 1.54) is 196 Å². The number of halogens is 1. The van der Waals surface area contributed by atoms with Crippen LogP contribution in [0, 0.1) is 49.4 Å². The van der Waals surface area contributed by atoms with Gasteiger partial charge in [-0.2, -0.15) is 0 Å². The highest BCUT2D eigenvalue weighted by molar-refractivity contribution is 6.30. The maximum absolute atomic E-state index is 6.02. The molecule has 10 heterocycles. The van der Waals surface area contributed by atoms with E-state index in [4.69, 9.17) is 57.0 Å². The molecule has 4 aliphatic carbocycles. The van der Waals surface area contributed by atoms with Crippen LogP contribution in [-0.2, 0) is 30.4 Å². The van der Waals surface area contributed by atoms with Crippen molar-refractivity contribution in [2.45, 2.75) is 178 Å². The first-order chi connectivity index (χ1) is 57.1. The molecule has 16 nitrogen and oxygen atoms in total. The van der Waals surface area contributed by atoms with Crippen LogP contribution in [0.25, 0.3) is 55.3 Å². The third kappa shape index (κ3) is 18.6. The second kappa shape index (κ2) is 37.5. The van der Waals surface area contributed by atoms with Crippen molar-refractivity contribution in [2.75, 3.05) is 69.3 Å². The van der Waals surface area contributed by atoms with E-state index in [9.17, 15) is 0 Å². The lowest BCUT2D eigenvalue weighted by molar-refractivity contribution is 0.122. The van der Waals surface area contributed by atoms with E-state index >= 15 is 0 Å². The van der Waals surface area contributed by atoms with Crippen molar-refractivity contribution in [3.05, 3.63) is 250 Å². The average molecular weight is 1560 g/mol. The van der Waals surface area contributed by atoms with Crippen molar-refractivity contribution in [2.24, 2.45) is 0 Å². The highest BCUT2D eigenvalue weighted by Crippen LogP contribution is 2.40. The molecule has 2 saturated heterocycles. The van der Waals surface area contributed by atoms with Crippen molar-refractivity contribution in [1.29, 1.82) is 0 Å². The maximum Gasteiger partial charge on any atom is 0.206 e. The molecule has 2 aliphatic heterocycles. The maximum atomic E-state index is 6.02. The van der Waals surface area contributed by atoms with Gasteiger partial charge in [0.05, 0.1) is 13.2 Å². The van der Waals surface area contributed by atoms with Gasteiger partial charge < -0.3 is 37.7 Å². The molecule has 588 valence electrons. The predicted octanol–water partition coefficient (Wildman–Crippen LogP) is 19.9. The average Bonchev–Trinajstić information content (AvgIpc) is 1.64. The van der Waals surface area contributed by atoms with Gasteiger partial charge in [0, 0.05) is 175 Å². The fourth-order valence-corrected chi connectivity index (χ4v) is 18.6. The highest BCUT2D eigenvalue weighted by atomic mass is 35.5. The van der Waals surface area contributed by atoms with Crippen LogP contribution in [-0.4, -0.2) is 123 Å². The molecule has 0 spiro atoms. The highest BCUT2D eigenvalue weighted by Gasteiger charge is 2.28. The van der Waals surface area contributed by atoms with E-state index in [1.54, 1.807) is 0 Å². The zero-order valence-electron chi connectivity index (χ0n) is 67.0. The number of terminal acetylenes is 4. The molecule has 6 fully saturated rings. The molecule has 6 aliphatic rings. The molecule has 13 aromatic rings. The van der Waals surface area contributed by atoms with Gasteiger partial charge in [-0.1, -0.05) is 180 Å². The van der Waals surface area contributed by atoms with Gasteiger partial charge in [0.2, 0.25) is 23.3 Å². The van der Waals surface area contributed by atoms with Gasteiger partial charge in [-0.25, -0.2) is 39.9 Å². The number of rotatable bonds is 15. The third-order valence-corrected chi connectivity index (χ3v) is 24.8. The first-order valence-corrected chi connectivity index (χ1v) is 42.6. The van der Waals surface area contributed by atoms with Gasteiger partial charge in [0.15, 0.2) is 0 Å². The smallest absolute Gasteiger partial charge is 0.206 e. The van der Waals surface area contributed by atoms with Crippen molar-refractivity contribution in [3.8, 4) is 60.5 Å². The quantitative estimate of drug-likeness (QED) is 0.0902. The topological polar surface area (TPSA) is 142 Å². The summed E-state index contributed by atoms with van der Waals surface area (Å²) in [4.78, 5) is 43.3. The number of anilines is 2. The first kappa shape index (κ1) is 78.5.